The number of carbonyl (C=O) groups is 1. The van der Waals surface area contributed by atoms with Gasteiger partial charge < -0.3 is 14.6 Å². The first-order chi connectivity index (χ1) is 13.1. The van der Waals surface area contributed by atoms with Gasteiger partial charge in [0.1, 0.15) is 11.9 Å². The van der Waals surface area contributed by atoms with Crippen LogP contribution in [0.5, 0.6) is 5.75 Å². The van der Waals surface area contributed by atoms with Gasteiger partial charge in [0.2, 0.25) is 0 Å². The molecule has 1 N–H and O–H groups in total. The van der Waals surface area contributed by atoms with Crippen LogP contribution in [-0.2, 0) is 9.47 Å². The van der Waals surface area contributed by atoms with Gasteiger partial charge in [0.05, 0.1) is 11.7 Å². The maximum absolute atomic E-state index is 12.6. The van der Waals surface area contributed by atoms with Crippen LogP contribution in [0.4, 0.5) is 0 Å². The van der Waals surface area contributed by atoms with Crippen molar-refractivity contribution in [1.29, 1.82) is 0 Å². The summed E-state index contributed by atoms with van der Waals surface area (Å²) >= 11 is 0. The van der Waals surface area contributed by atoms with E-state index in [2.05, 4.69) is 25.1 Å². The van der Waals surface area contributed by atoms with E-state index in [4.69, 9.17) is 9.47 Å². The highest BCUT2D eigenvalue weighted by Crippen LogP contribution is 2.60. The summed E-state index contributed by atoms with van der Waals surface area (Å²) in [6.45, 7) is 2.10. The fraction of sp³-hybridized carbons (Fsp3) is 0.348. The fourth-order valence-electron chi connectivity index (χ4n) is 5.39. The molecule has 0 saturated heterocycles. The first-order valence-electron chi connectivity index (χ1n) is 9.36. The molecule has 3 aliphatic rings. The van der Waals surface area contributed by atoms with Gasteiger partial charge in [0.15, 0.2) is 5.78 Å². The van der Waals surface area contributed by atoms with Gasteiger partial charge in [-0.1, -0.05) is 24.3 Å². The van der Waals surface area contributed by atoms with Crippen molar-refractivity contribution in [2.75, 3.05) is 14.2 Å². The van der Waals surface area contributed by atoms with Crippen LogP contribution in [0.3, 0.4) is 0 Å². The number of phenolic OH excluding ortho intramolecular Hbond substituents is 1. The van der Waals surface area contributed by atoms with Crippen molar-refractivity contribution in [3.63, 3.8) is 0 Å². The number of Topliss-reactive ketones (excluding diaryl/α,β-unsaturated/α-hetero) is 1. The summed E-state index contributed by atoms with van der Waals surface area (Å²) in [6, 6.07) is 9.93. The molecule has 5 rings (SSSR count). The number of rotatable bonds is 2. The number of hydrogen-bond acceptors (Lipinski definition) is 4. The number of fused-ring (bicyclic) bond motifs is 4. The predicted molar refractivity (Wildman–Crippen MR) is 103 cm³/mol. The molecular weight excluding hydrogens is 340 g/mol. The maximum atomic E-state index is 12.6. The van der Waals surface area contributed by atoms with Crippen LogP contribution in [0.25, 0.3) is 11.1 Å². The Morgan fingerprint density at radius 1 is 1.04 bits per heavy atom. The molecule has 2 aromatic carbocycles. The molecule has 0 amide bonds. The number of aromatic hydroxyl groups is 1. The number of ether oxygens (including phenoxy) is 2. The lowest BCUT2D eigenvalue weighted by molar-refractivity contribution is -0.0461. The molecule has 2 aromatic rings. The lowest BCUT2D eigenvalue weighted by Crippen LogP contribution is -2.34. The topological polar surface area (TPSA) is 55.8 Å². The van der Waals surface area contributed by atoms with E-state index in [1.807, 2.05) is 6.07 Å². The van der Waals surface area contributed by atoms with Gasteiger partial charge in [0.25, 0.3) is 0 Å². The van der Waals surface area contributed by atoms with Crippen LogP contribution in [-0.4, -0.2) is 31.2 Å². The van der Waals surface area contributed by atoms with Gasteiger partial charge in [-0.25, -0.2) is 0 Å². The minimum Gasteiger partial charge on any atom is -0.507 e. The normalized spacial score (nSPS) is 25.3. The fourth-order valence-corrected chi connectivity index (χ4v) is 5.39. The van der Waals surface area contributed by atoms with Crippen LogP contribution in [0.15, 0.2) is 30.3 Å². The van der Waals surface area contributed by atoms with Gasteiger partial charge in [-0.3, -0.25) is 4.79 Å². The van der Waals surface area contributed by atoms with E-state index in [0.717, 1.165) is 11.1 Å². The average molecular weight is 362 g/mol. The Labute approximate surface area is 158 Å². The molecular formula is C23H22O4. The summed E-state index contributed by atoms with van der Waals surface area (Å²) in [5, 5.41) is 10.4. The molecule has 0 aromatic heterocycles. The monoisotopic (exact) mass is 362 g/mol. The summed E-state index contributed by atoms with van der Waals surface area (Å²) in [6.07, 6.45) is 0.777. The van der Waals surface area contributed by atoms with Crippen LogP contribution >= 0.6 is 0 Å². The van der Waals surface area contributed by atoms with Crippen LogP contribution in [0.2, 0.25) is 0 Å². The van der Waals surface area contributed by atoms with Crippen molar-refractivity contribution in [2.45, 2.75) is 37.9 Å². The first kappa shape index (κ1) is 16.7. The number of benzene rings is 2. The molecule has 138 valence electrons. The van der Waals surface area contributed by atoms with Gasteiger partial charge in [-0.2, -0.15) is 0 Å². The van der Waals surface area contributed by atoms with E-state index in [1.165, 1.54) is 27.8 Å². The number of aryl methyl sites for hydroxylation is 1. The van der Waals surface area contributed by atoms with E-state index in [1.54, 1.807) is 20.3 Å². The Balaban J connectivity index is 1.89. The first-order valence-corrected chi connectivity index (χ1v) is 9.36. The van der Waals surface area contributed by atoms with Crippen LogP contribution < -0.4 is 0 Å². The molecule has 0 saturated carbocycles. The molecule has 3 aliphatic carbocycles. The molecule has 4 heteroatoms. The zero-order valence-electron chi connectivity index (χ0n) is 15.7. The van der Waals surface area contributed by atoms with Gasteiger partial charge in [-0.05, 0) is 58.4 Å². The zero-order valence-corrected chi connectivity index (χ0v) is 15.7. The SMILES string of the molecule is CO[C@@H]1C2C(=C3CCC(=O)c4c(O)ccc2c43)c2cccc(C)c2[C@@H]1OC. The highest BCUT2D eigenvalue weighted by atomic mass is 16.5. The van der Waals surface area contributed by atoms with E-state index >= 15 is 0 Å². The number of hydrogen-bond donors (Lipinski definition) is 1. The molecule has 0 heterocycles. The molecule has 0 radical (unpaired) electrons. The van der Waals surface area contributed by atoms with Gasteiger partial charge in [0, 0.05) is 26.6 Å². The van der Waals surface area contributed by atoms with Crippen molar-refractivity contribution < 1.29 is 19.4 Å². The third-order valence-electron chi connectivity index (χ3n) is 6.42. The molecule has 0 aliphatic heterocycles. The van der Waals surface area contributed by atoms with Crippen LogP contribution in [0.1, 0.15) is 63.0 Å². The summed E-state index contributed by atoms with van der Waals surface area (Å²) in [7, 11) is 3.45. The molecule has 0 fully saturated rings. The van der Waals surface area contributed by atoms with E-state index in [0.29, 0.717) is 18.4 Å². The molecule has 1 unspecified atom stereocenters. The number of methoxy groups -OCH3 is 2. The Morgan fingerprint density at radius 2 is 1.85 bits per heavy atom. The van der Waals surface area contributed by atoms with Gasteiger partial charge in [-0.15, -0.1) is 0 Å². The smallest absolute Gasteiger partial charge is 0.167 e. The van der Waals surface area contributed by atoms with Crippen molar-refractivity contribution in [1.82, 2.24) is 0 Å². The standard InChI is InChI=1S/C23H22O4/c1-11-5-4-6-12-17(11)22(26-2)23(27-3)20-14-8-10-16(25)21-15(24)9-7-13(18(12)20)19(14)21/h4-6,8,10,20,22-23,25H,7,9H2,1-3H3/t20?,22-,23+/m0/s1. The Kier molecular flexibility index (Phi) is 3.58. The molecule has 0 bridgehead atoms. The molecule has 4 nitrogen and oxygen atoms in total. The van der Waals surface area contributed by atoms with E-state index < -0.39 is 0 Å². The highest BCUT2D eigenvalue weighted by Gasteiger charge is 2.49. The quantitative estimate of drug-likeness (QED) is 0.860. The average Bonchev–Trinajstić information content (AvgIpc) is 3.00. The summed E-state index contributed by atoms with van der Waals surface area (Å²) in [4.78, 5) is 12.6. The second-order valence-corrected chi connectivity index (χ2v) is 7.61. The number of carbonyl (C=O) groups excluding carboxylic acids is 1. The molecule has 0 spiro atoms. The Morgan fingerprint density at radius 3 is 2.59 bits per heavy atom. The van der Waals surface area contributed by atoms with Crippen LogP contribution in [0, 0.1) is 6.92 Å². The predicted octanol–water partition coefficient (Wildman–Crippen LogP) is 4.40. The van der Waals surface area contributed by atoms with E-state index in [9.17, 15) is 9.90 Å². The minimum atomic E-state index is -0.180. The molecule has 3 atom stereocenters. The van der Waals surface area contributed by atoms with Crippen molar-refractivity contribution in [3.05, 3.63) is 63.7 Å². The summed E-state index contributed by atoms with van der Waals surface area (Å²) in [5.41, 5.74) is 8.44. The van der Waals surface area contributed by atoms with Crippen molar-refractivity contribution >= 4 is 16.9 Å². The highest BCUT2D eigenvalue weighted by molar-refractivity contribution is 6.14. The van der Waals surface area contributed by atoms with E-state index in [-0.39, 0.29) is 29.7 Å². The molecule has 27 heavy (non-hydrogen) atoms. The van der Waals surface area contributed by atoms with Gasteiger partial charge >= 0.3 is 0 Å². The zero-order chi connectivity index (χ0) is 18.9. The lowest BCUT2D eigenvalue weighted by atomic mass is 9.73. The number of ketones is 1. The Hall–Kier alpha value is -2.43. The second kappa shape index (κ2) is 5.78. The Bertz CT molecular complexity index is 1020. The third-order valence-corrected chi connectivity index (χ3v) is 6.42. The largest absolute Gasteiger partial charge is 0.507 e. The summed E-state index contributed by atoms with van der Waals surface area (Å²) in [5.74, 6) is 0.107. The van der Waals surface area contributed by atoms with Crippen molar-refractivity contribution in [3.8, 4) is 5.75 Å². The summed E-state index contributed by atoms with van der Waals surface area (Å²) < 4.78 is 11.9. The number of allylic oxidation sites excluding steroid dienone is 1. The number of phenols is 1. The van der Waals surface area contributed by atoms with Crippen molar-refractivity contribution in [2.24, 2.45) is 0 Å². The minimum absolute atomic E-state index is 0.00417. The lowest BCUT2D eigenvalue weighted by Gasteiger charge is -2.39. The second-order valence-electron chi connectivity index (χ2n) is 7.61. The third kappa shape index (κ3) is 2.03. The maximum Gasteiger partial charge on any atom is 0.167 e.